The van der Waals surface area contributed by atoms with Crippen LogP contribution in [0.3, 0.4) is 0 Å². The minimum Gasteiger partial charge on any atom is -0.508 e. The first kappa shape index (κ1) is 27.5. The van der Waals surface area contributed by atoms with Crippen molar-refractivity contribution in [3.05, 3.63) is 40.6 Å². The van der Waals surface area contributed by atoms with Crippen LogP contribution in [-0.2, 0) is 23.8 Å². The van der Waals surface area contributed by atoms with E-state index >= 15 is 0 Å². The molecule has 3 aromatic rings. The molecule has 2 aromatic carbocycles. The number of fused-ring (bicyclic) bond motifs is 1. The predicted molar refractivity (Wildman–Crippen MR) is 128 cm³/mol. The molecule has 0 radical (unpaired) electrons. The number of carbonyl (C=O) groups excluding carboxylic acids is 2. The number of aliphatic hydroxyl groups is 2. The van der Waals surface area contributed by atoms with Gasteiger partial charge in [-0.1, -0.05) is 0 Å². The number of hydrogen-bond donors (Lipinski definition) is 6. The second-order valence-electron chi connectivity index (χ2n) is 8.65. The van der Waals surface area contributed by atoms with Crippen LogP contribution in [0.15, 0.2) is 39.5 Å². The zero-order valence-corrected chi connectivity index (χ0v) is 20.4. The zero-order valence-electron chi connectivity index (χ0n) is 20.4. The number of aromatic hydroxyl groups is 4. The number of hydrogen-bond acceptors (Lipinski definition) is 14. The summed E-state index contributed by atoms with van der Waals surface area (Å²) in [5, 5.41) is 60.9. The van der Waals surface area contributed by atoms with E-state index in [4.69, 9.17) is 23.4 Å². The Bertz CT molecular complexity index is 1480. The lowest BCUT2D eigenvalue weighted by atomic mass is 9.99. The van der Waals surface area contributed by atoms with Crippen LogP contribution in [0.1, 0.15) is 13.8 Å². The monoisotopic (exact) mass is 548 g/mol. The van der Waals surface area contributed by atoms with E-state index in [-0.39, 0.29) is 16.9 Å². The molecule has 0 saturated carbocycles. The van der Waals surface area contributed by atoms with Crippen molar-refractivity contribution >= 4 is 22.9 Å². The standard InChI is InChI=1S/C25H24O14/c1-9(26)35-8-17-19(32)23(36-10(2)27)21(34)25(38-17)39-24-20(33)18-15(31)6-12(28)7-16(18)37-22(24)11-3-4-13(29)14(30)5-11/h3-7,17,19,21,23,25,28-32,34H,8H2,1-2H3/t17?,19-,21?,23?,25-/m0/s1. The van der Waals surface area contributed by atoms with Crippen molar-refractivity contribution in [2.75, 3.05) is 6.61 Å². The third-order valence-corrected chi connectivity index (χ3v) is 5.78. The molecule has 14 heteroatoms. The summed E-state index contributed by atoms with van der Waals surface area (Å²) in [7, 11) is 0. The molecule has 2 heterocycles. The molecule has 4 rings (SSSR count). The summed E-state index contributed by atoms with van der Waals surface area (Å²) in [6.45, 7) is 1.59. The lowest BCUT2D eigenvalue weighted by Crippen LogP contribution is -2.61. The highest BCUT2D eigenvalue weighted by Crippen LogP contribution is 2.39. The average Bonchev–Trinajstić information content (AvgIpc) is 2.85. The van der Waals surface area contributed by atoms with Gasteiger partial charge in [-0.15, -0.1) is 0 Å². The number of aliphatic hydroxyl groups excluding tert-OH is 2. The van der Waals surface area contributed by atoms with Gasteiger partial charge in [-0.3, -0.25) is 14.4 Å². The van der Waals surface area contributed by atoms with Gasteiger partial charge in [-0.25, -0.2) is 0 Å². The number of benzene rings is 2. The van der Waals surface area contributed by atoms with Crippen molar-refractivity contribution in [3.63, 3.8) is 0 Å². The van der Waals surface area contributed by atoms with Crippen LogP contribution < -0.4 is 10.2 Å². The Balaban J connectivity index is 1.85. The number of esters is 2. The molecular weight excluding hydrogens is 524 g/mol. The fourth-order valence-electron chi connectivity index (χ4n) is 4.01. The summed E-state index contributed by atoms with van der Waals surface area (Å²) in [4.78, 5) is 36.5. The second kappa shape index (κ2) is 10.7. The highest BCUT2D eigenvalue weighted by molar-refractivity contribution is 5.88. The first-order valence-corrected chi connectivity index (χ1v) is 11.4. The summed E-state index contributed by atoms with van der Waals surface area (Å²) < 4.78 is 26.9. The van der Waals surface area contributed by atoms with E-state index in [9.17, 15) is 45.0 Å². The molecule has 0 spiro atoms. The summed E-state index contributed by atoms with van der Waals surface area (Å²) in [5.41, 5.74) is -1.29. The average molecular weight is 548 g/mol. The van der Waals surface area contributed by atoms with Gasteiger partial charge in [0.1, 0.15) is 41.3 Å². The van der Waals surface area contributed by atoms with Gasteiger partial charge in [0.25, 0.3) is 0 Å². The van der Waals surface area contributed by atoms with E-state index in [1.165, 1.54) is 6.07 Å². The van der Waals surface area contributed by atoms with Crippen LogP contribution in [0.2, 0.25) is 0 Å². The quantitative estimate of drug-likeness (QED) is 0.183. The van der Waals surface area contributed by atoms with Gasteiger partial charge in [0.05, 0.1) is 0 Å². The van der Waals surface area contributed by atoms with Crippen molar-refractivity contribution in [2.24, 2.45) is 0 Å². The molecule has 1 saturated heterocycles. The normalized spacial score (nSPS) is 22.8. The summed E-state index contributed by atoms with van der Waals surface area (Å²) in [6, 6.07) is 5.29. The van der Waals surface area contributed by atoms with Gasteiger partial charge in [0.2, 0.25) is 17.5 Å². The molecule has 0 aliphatic carbocycles. The van der Waals surface area contributed by atoms with Gasteiger partial charge in [0.15, 0.2) is 29.5 Å². The van der Waals surface area contributed by atoms with E-state index in [0.717, 1.165) is 38.1 Å². The number of phenols is 4. The van der Waals surface area contributed by atoms with Gasteiger partial charge < -0.3 is 54.0 Å². The maximum atomic E-state index is 13.5. The predicted octanol–water partition coefficient (Wildman–Crippen LogP) is 0.603. The van der Waals surface area contributed by atoms with Crippen LogP contribution >= 0.6 is 0 Å². The van der Waals surface area contributed by atoms with E-state index in [0.29, 0.717) is 0 Å². The lowest BCUT2D eigenvalue weighted by molar-refractivity contribution is -0.282. The molecule has 39 heavy (non-hydrogen) atoms. The van der Waals surface area contributed by atoms with Crippen LogP contribution in [0.5, 0.6) is 28.7 Å². The molecule has 1 fully saturated rings. The Morgan fingerprint density at radius 2 is 1.64 bits per heavy atom. The summed E-state index contributed by atoms with van der Waals surface area (Å²) in [5.74, 6) is -4.83. The molecule has 1 aliphatic rings. The van der Waals surface area contributed by atoms with Crippen molar-refractivity contribution < 1.29 is 63.6 Å². The van der Waals surface area contributed by atoms with Crippen molar-refractivity contribution in [1.29, 1.82) is 0 Å². The number of phenolic OH excluding ortho intramolecular Hbond substituents is 4. The Labute approximate surface area is 218 Å². The van der Waals surface area contributed by atoms with E-state index in [2.05, 4.69) is 0 Å². The van der Waals surface area contributed by atoms with Gasteiger partial charge in [-0.05, 0) is 18.2 Å². The maximum Gasteiger partial charge on any atom is 0.303 e. The van der Waals surface area contributed by atoms with Gasteiger partial charge in [0, 0.05) is 31.5 Å². The Morgan fingerprint density at radius 3 is 2.28 bits per heavy atom. The number of carbonyl (C=O) groups is 2. The van der Waals surface area contributed by atoms with Gasteiger partial charge >= 0.3 is 11.9 Å². The Kier molecular flexibility index (Phi) is 7.53. The smallest absolute Gasteiger partial charge is 0.303 e. The molecule has 0 amide bonds. The van der Waals surface area contributed by atoms with Crippen LogP contribution in [0.4, 0.5) is 0 Å². The minimum atomic E-state index is -1.89. The number of ether oxygens (including phenoxy) is 4. The van der Waals surface area contributed by atoms with Crippen molar-refractivity contribution in [1.82, 2.24) is 0 Å². The largest absolute Gasteiger partial charge is 0.508 e. The number of rotatable bonds is 6. The molecule has 14 nitrogen and oxygen atoms in total. The minimum absolute atomic E-state index is 0.0135. The summed E-state index contributed by atoms with van der Waals surface area (Å²) in [6.07, 6.45) is -8.41. The highest BCUT2D eigenvalue weighted by atomic mass is 16.7. The fourth-order valence-corrected chi connectivity index (χ4v) is 4.01. The van der Waals surface area contributed by atoms with E-state index < -0.39 is 88.8 Å². The Hall–Kier alpha value is -4.53. The third-order valence-electron chi connectivity index (χ3n) is 5.78. The molecule has 1 aliphatic heterocycles. The molecule has 0 bridgehead atoms. The first-order chi connectivity index (χ1) is 18.4. The Morgan fingerprint density at radius 1 is 0.923 bits per heavy atom. The van der Waals surface area contributed by atoms with Crippen LogP contribution in [0.25, 0.3) is 22.3 Å². The third kappa shape index (κ3) is 5.52. The fraction of sp³-hybridized carbons (Fsp3) is 0.320. The summed E-state index contributed by atoms with van der Waals surface area (Å²) >= 11 is 0. The van der Waals surface area contributed by atoms with Crippen molar-refractivity contribution in [2.45, 2.75) is 44.6 Å². The lowest BCUT2D eigenvalue weighted by Gasteiger charge is -2.41. The molecule has 5 atom stereocenters. The zero-order chi connectivity index (χ0) is 28.6. The SMILES string of the molecule is CC(=O)OCC1O[C@@H](Oc2c(-c3ccc(O)c(O)c3)oc3cc(O)cc(O)c3c2=O)C(O)C(OC(C)=O)[C@H]1O. The van der Waals surface area contributed by atoms with Crippen molar-refractivity contribution in [3.8, 4) is 40.1 Å². The molecular formula is C25H24O14. The topological polar surface area (TPSA) is 223 Å². The van der Waals surface area contributed by atoms with E-state index in [1.807, 2.05) is 0 Å². The molecule has 6 N–H and O–H groups in total. The van der Waals surface area contributed by atoms with E-state index in [1.54, 1.807) is 0 Å². The molecule has 208 valence electrons. The molecule has 3 unspecified atom stereocenters. The first-order valence-electron chi connectivity index (χ1n) is 11.4. The highest BCUT2D eigenvalue weighted by Gasteiger charge is 2.48. The maximum absolute atomic E-state index is 13.5. The van der Waals surface area contributed by atoms with Crippen LogP contribution in [-0.4, -0.2) is 79.9 Å². The van der Waals surface area contributed by atoms with Gasteiger partial charge in [-0.2, -0.15) is 0 Å². The second-order valence-corrected chi connectivity index (χ2v) is 8.65. The molecule has 1 aromatic heterocycles. The van der Waals surface area contributed by atoms with Crippen LogP contribution in [0, 0.1) is 0 Å².